The molecular weight excluding hydrogens is 446 g/mol. The van der Waals surface area contributed by atoms with Crippen LogP contribution in [0.3, 0.4) is 0 Å². The molecule has 37 heavy (non-hydrogen) atoms. The first-order chi connectivity index (χ1) is 17.7. The number of hydrogen-bond acceptors (Lipinski definition) is 1. The molecular formula is C36H33N. The van der Waals surface area contributed by atoms with Gasteiger partial charge in [-0.1, -0.05) is 126 Å². The number of rotatable bonds is 3. The fourth-order valence-corrected chi connectivity index (χ4v) is 5.60. The van der Waals surface area contributed by atoms with E-state index in [1.165, 1.54) is 38.9 Å². The van der Waals surface area contributed by atoms with Gasteiger partial charge in [0.1, 0.15) is 0 Å². The van der Waals surface area contributed by atoms with E-state index in [0.29, 0.717) is 0 Å². The van der Waals surface area contributed by atoms with Gasteiger partial charge in [-0.15, -0.1) is 0 Å². The van der Waals surface area contributed by atoms with E-state index in [0.717, 1.165) is 22.5 Å². The van der Waals surface area contributed by atoms with E-state index in [1.807, 2.05) is 0 Å². The Balaban J connectivity index is 1.50. The van der Waals surface area contributed by atoms with Crippen molar-refractivity contribution in [1.82, 2.24) is 4.98 Å². The van der Waals surface area contributed by atoms with Crippen LogP contribution in [0, 0.1) is 0 Å². The summed E-state index contributed by atoms with van der Waals surface area (Å²) in [6, 6.07) is 39.5. The van der Waals surface area contributed by atoms with Crippen LogP contribution in [-0.4, -0.2) is 4.98 Å². The van der Waals surface area contributed by atoms with Gasteiger partial charge in [0.2, 0.25) is 0 Å². The van der Waals surface area contributed by atoms with Crippen LogP contribution in [0.25, 0.3) is 44.8 Å². The van der Waals surface area contributed by atoms with Crippen molar-refractivity contribution in [2.45, 2.75) is 45.4 Å². The molecule has 0 radical (unpaired) electrons. The molecule has 6 rings (SSSR count). The summed E-state index contributed by atoms with van der Waals surface area (Å²) in [6.45, 7) is 11.6. The molecule has 182 valence electrons. The highest BCUT2D eigenvalue weighted by atomic mass is 14.7. The maximum Gasteiger partial charge on any atom is 0.0715 e. The number of pyridine rings is 1. The van der Waals surface area contributed by atoms with Crippen molar-refractivity contribution in [2.24, 2.45) is 0 Å². The molecule has 0 unspecified atom stereocenters. The monoisotopic (exact) mass is 479 g/mol. The average Bonchev–Trinajstić information content (AvgIpc) is 3.14. The van der Waals surface area contributed by atoms with Gasteiger partial charge in [-0.2, -0.15) is 0 Å². The molecule has 0 fully saturated rings. The molecule has 0 saturated heterocycles. The van der Waals surface area contributed by atoms with E-state index in [4.69, 9.17) is 4.98 Å². The second kappa shape index (κ2) is 8.56. The Morgan fingerprint density at radius 3 is 1.68 bits per heavy atom. The summed E-state index contributed by atoms with van der Waals surface area (Å²) in [5.41, 5.74) is 13.6. The summed E-state index contributed by atoms with van der Waals surface area (Å²) < 4.78 is 0. The second-order valence-corrected chi connectivity index (χ2v) is 11.8. The molecule has 1 aliphatic carbocycles. The smallest absolute Gasteiger partial charge is 0.0715 e. The van der Waals surface area contributed by atoms with Crippen LogP contribution in [0.5, 0.6) is 0 Å². The summed E-state index contributed by atoms with van der Waals surface area (Å²) >= 11 is 0. The molecule has 4 aromatic carbocycles. The minimum Gasteiger partial charge on any atom is -0.248 e. The van der Waals surface area contributed by atoms with Gasteiger partial charge in [0.25, 0.3) is 0 Å². The maximum absolute atomic E-state index is 5.17. The fourth-order valence-electron chi connectivity index (χ4n) is 5.60. The summed E-state index contributed by atoms with van der Waals surface area (Å²) in [4.78, 5) is 5.17. The zero-order chi connectivity index (χ0) is 25.8. The van der Waals surface area contributed by atoms with Gasteiger partial charge in [-0.3, -0.25) is 0 Å². The van der Waals surface area contributed by atoms with Crippen molar-refractivity contribution >= 4 is 0 Å². The van der Waals surface area contributed by atoms with E-state index in [2.05, 4.69) is 144 Å². The van der Waals surface area contributed by atoms with E-state index < -0.39 is 0 Å². The maximum atomic E-state index is 5.17. The van der Waals surface area contributed by atoms with Crippen molar-refractivity contribution in [2.75, 3.05) is 0 Å². The Bertz CT molecular complexity index is 1540. The Hall–Kier alpha value is -3.97. The second-order valence-electron chi connectivity index (χ2n) is 11.8. The Morgan fingerprint density at radius 1 is 0.514 bits per heavy atom. The third-order valence-corrected chi connectivity index (χ3v) is 7.84. The molecule has 5 aromatic rings. The lowest BCUT2D eigenvalue weighted by Crippen LogP contribution is -2.17. The molecule has 1 heteroatoms. The third kappa shape index (κ3) is 4.09. The highest BCUT2D eigenvalue weighted by Gasteiger charge is 2.36. The van der Waals surface area contributed by atoms with Crippen LogP contribution < -0.4 is 0 Å². The van der Waals surface area contributed by atoms with Gasteiger partial charge in [0, 0.05) is 16.5 Å². The first-order valence-corrected chi connectivity index (χ1v) is 13.1. The molecule has 1 nitrogen and oxygen atoms in total. The van der Waals surface area contributed by atoms with Gasteiger partial charge in [0.05, 0.1) is 11.4 Å². The normalized spacial score (nSPS) is 13.8. The summed E-state index contributed by atoms with van der Waals surface area (Å²) in [5, 5.41) is 0. The largest absolute Gasteiger partial charge is 0.248 e. The number of nitrogens with zero attached hydrogens (tertiary/aromatic N) is 1. The van der Waals surface area contributed by atoms with Gasteiger partial charge in [-0.25, -0.2) is 4.98 Å². The van der Waals surface area contributed by atoms with E-state index >= 15 is 0 Å². The van der Waals surface area contributed by atoms with Gasteiger partial charge in [-0.05, 0) is 62.6 Å². The van der Waals surface area contributed by atoms with Crippen molar-refractivity contribution < 1.29 is 0 Å². The van der Waals surface area contributed by atoms with Crippen LogP contribution in [0.1, 0.15) is 51.3 Å². The lowest BCUT2D eigenvalue weighted by Gasteiger charge is -2.25. The molecule has 1 heterocycles. The number of fused-ring (bicyclic) bond motifs is 3. The zero-order valence-electron chi connectivity index (χ0n) is 22.3. The highest BCUT2D eigenvalue weighted by molar-refractivity contribution is 5.84. The Labute approximate surface area is 220 Å². The highest BCUT2D eigenvalue weighted by Crippen LogP contribution is 2.50. The van der Waals surface area contributed by atoms with Gasteiger partial charge < -0.3 is 0 Å². The van der Waals surface area contributed by atoms with Crippen molar-refractivity contribution in [3.8, 4) is 44.8 Å². The van der Waals surface area contributed by atoms with Crippen molar-refractivity contribution in [1.29, 1.82) is 0 Å². The van der Waals surface area contributed by atoms with Crippen LogP contribution in [0.15, 0.2) is 109 Å². The quantitative estimate of drug-likeness (QED) is 0.251. The van der Waals surface area contributed by atoms with Gasteiger partial charge in [0.15, 0.2) is 0 Å². The topological polar surface area (TPSA) is 12.9 Å². The van der Waals surface area contributed by atoms with Gasteiger partial charge >= 0.3 is 0 Å². The first kappa shape index (κ1) is 23.4. The van der Waals surface area contributed by atoms with E-state index in [-0.39, 0.29) is 10.8 Å². The molecule has 0 N–H and O–H groups in total. The minimum atomic E-state index is -0.0682. The molecule has 1 aliphatic rings. The number of aromatic nitrogens is 1. The lowest BCUT2D eigenvalue weighted by molar-refractivity contribution is 0.584. The average molecular weight is 480 g/mol. The van der Waals surface area contributed by atoms with Crippen LogP contribution in [-0.2, 0) is 10.8 Å². The van der Waals surface area contributed by atoms with Crippen molar-refractivity contribution in [3.63, 3.8) is 0 Å². The SMILES string of the molecule is CC(C)(C)c1ccc2c(c1)C(C)(C)c1cc(-c3cc(-c4ccccc4)cc(-c4ccccc4)n3)ccc1-2. The molecule has 0 spiro atoms. The molecule has 1 aromatic heterocycles. The molecule has 0 saturated carbocycles. The van der Waals surface area contributed by atoms with Crippen LogP contribution in [0.2, 0.25) is 0 Å². The standard InChI is InChI=1S/C36H33N/c1-35(2,3)28-17-19-30-29-18-16-26(20-31(29)36(4,5)32(30)23-28)34-22-27(24-12-8-6-9-13-24)21-33(37-34)25-14-10-7-11-15-25/h6-23H,1-5H3. The van der Waals surface area contributed by atoms with Crippen molar-refractivity contribution in [3.05, 3.63) is 126 Å². The summed E-state index contributed by atoms with van der Waals surface area (Å²) in [6.07, 6.45) is 0. The zero-order valence-corrected chi connectivity index (χ0v) is 22.3. The Morgan fingerprint density at radius 2 is 1.05 bits per heavy atom. The molecule has 0 amide bonds. The van der Waals surface area contributed by atoms with Crippen LogP contribution in [0.4, 0.5) is 0 Å². The summed E-state index contributed by atoms with van der Waals surface area (Å²) in [7, 11) is 0. The molecule has 0 bridgehead atoms. The molecule has 0 atom stereocenters. The van der Waals surface area contributed by atoms with E-state index in [1.54, 1.807) is 0 Å². The van der Waals surface area contributed by atoms with E-state index in [9.17, 15) is 0 Å². The fraction of sp³-hybridized carbons (Fsp3) is 0.194. The van der Waals surface area contributed by atoms with Crippen LogP contribution >= 0.6 is 0 Å². The Kier molecular flexibility index (Phi) is 5.42. The number of hydrogen-bond donors (Lipinski definition) is 0. The minimum absolute atomic E-state index is 0.0682. The number of benzene rings is 4. The lowest BCUT2D eigenvalue weighted by atomic mass is 9.78. The summed E-state index contributed by atoms with van der Waals surface area (Å²) in [5.74, 6) is 0. The predicted molar refractivity (Wildman–Crippen MR) is 157 cm³/mol. The first-order valence-electron chi connectivity index (χ1n) is 13.1. The predicted octanol–water partition coefficient (Wildman–Crippen LogP) is 9.69. The third-order valence-electron chi connectivity index (χ3n) is 7.84. The molecule has 0 aliphatic heterocycles.